The zero-order chi connectivity index (χ0) is 28.8. The monoisotopic (exact) mass is 556 g/mol. The van der Waals surface area contributed by atoms with Gasteiger partial charge in [0.1, 0.15) is 17.0 Å². The highest BCUT2D eigenvalue weighted by Gasteiger charge is 2.22. The van der Waals surface area contributed by atoms with E-state index < -0.39 is 11.3 Å². The van der Waals surface area contributed by atoms with Crippen LogP contribution in [0.1, 0.15) is 15.9 Å². The van der Waals surface area contributed by atoms with Gasteiger partial charge in [-0.1, -0.05) is 18.2 Å². The second-order valence-corrected chi connectivity index (χ2v) is 9.59. The maximum Gasteiger partial charge on any atom is 0.319 e. The van der Waals surface area contributed by atoms with Gasteiger partial charge in [-0.15, -0.1) is 0 Å². The minimum atomic E-state index is -0.536. The summed E-state index contributed by atoms with van der Waals surface area (Å²) in [6, 6.07) is 14.0. The molecule has 3 aromatic heterocycles. The van der Waals surface area contributed by atoms with Crippen LogP contribution >= 0.6 is 0 Å². The number of nitrogen functional groups attached to an aromatic ring is 1. The number of pyridine rings is 3. The first-order valence-electron chi connectivity index (χ1n) is 13.3. The number of hydrogen-bond acceptors (Lipinski definition) is 8. The average molecular weight is 557 g/mol. The van der Waals surface area contributed by atoms with Gasteiger partial charge in [-0.3, -0.25) is 19.5 Å². The Labute approximate surface area is 236 Å². The molecule has 41 heavy (non-hydrogen) atoms. The molecule has 1 aliphatic heterocycles. The fraction of sp³-hybridized carbons (Fsp3) is 0.276. The number of hydrogen-bond donors (Lipinski definition) is 4. The van der Waals surface area contributed by atoms with Crippen LogP contribution in [0.2, 0.25) is 0 Å². The van der Waals surface area contributed by atoms with Crippen LogP contribution < -0.4 is 27.1 Å². The molecule has 12 nitrogen and oxygen atoms in total. The molecule has 12 heteroatoms. The summed E-state index contributed by atoms with van der Waals surface area (Å²) in [5, 5.41) is 8.44. The van der Waals surface area contributed by atoms with E-state index in [1.54, 1.807) is 41.2 Å². The molecule has 5 N–H and O–H groups in total. The van der Waals surface area contributed by atoms with E-state index in [1.165, 1.54) is 7.05 Å². The topological polar surface area (TPSA) is 156 Å². The number of carbonyl (C=O) groups is 2. The lowest BCUT2D eigenvalue weighted by molar-refractivity contribution is 0.0366. The molecule has 1 saturated heterocycles. The molecule has 4 aromatic rings. The Balaban J connectivity index is 1.40. The van der Waals surface area contributed by atoms with E-state index in [1.807, 2.05) is 24.3 Å². The number of ether oxygens (including phenoxy) is 1. The summed E-state index contributed by atoms with van der Waals surface area (Å²) in [4.78, 5) is 49.3. The molecular weight excluding hydrogens is 524 g/mol. The normalized spacial score (nSPS) is 13.6. The third-order valence-corrected chi connectivity index (χ3v) is 6.96. The molecule has 0 saturated carbocycles. The van der Waals surface area contributed by atoms with Crippen molar-refractivity contribution in [1.29, 1.82) is 0 Å². The largest absolute Gasteiger partial charge is 0.384 e. The Bertz CT molecular complexity index is 1600. The van der Waals surface area contributed by atoms with Gasteiger partial charge in [-0.05, 0) is 35.9 Å². The van der Waals surface area contributed by atoms with Crippen LogP contribution in [0.4, 0.5) is 16.3 Å². The van der Waals surface area contributed by atoms with Crippen LogP contribution in [0, 0.1) is 0 Å². The molecule has 0 aliphatic carbocycles. The molecule has 4 heterocycles. The number of nitrogens with zero attached hydrogens (tertiary/aromatic N) is 4. The van der Waals surface area contributed by atoms with Crippen molar-refractivity contribution in [3.8, 4) is 11.3 Å². The minimum Gasteiger partial charge on any atom is -0.384 e. The molecule has 1 aromatic carbocycles. The van der Waals surface area contributed by atoms with Crippen LogP contribution in [0.15, 0.2) is 65.7 Å². The molecular formula is C29H32N8O4. The standard InChI is InChI=1S/C29H32N8O4/c1-31-28(39)24-25(38)22-8-9-23(35-27(22)37(26(24)30)12-11-36-13-15-41-16-14-36)20-4-6-21(7-5-20)34-29(40)33-18-19-3-2-10-32-17-19/h2-10,17H,11-16,18,30H2,1H3,(H,31,39)(H2,33,34,40). The molecule has 0 spiro atoms. The quantitative estimate of drug-likeness (QED) is 0.257. The van der Waals surface area contributed by atoms with Gasteiger partial charge in [-0.25, -0.2) is 9.78 Å². The first-order valence-corrected chi connectivity index (χ1v) is 13.3. The molecule has 1 aliphatic rings. The highest BCUT2D eigenvalue weighted by atomic mass is 16.5. The molecule has 0 bridgehead atoms. The third-order valence-electron chi connectivity index (χ3n) is 6.96. The summed E-state index contributed by atoms with van der Waals surface area (Å²) in [5.74, 6) is -0.456. The van der Waals surface area contributed by atoms with Crippen molar-refractivity contribution in [2.24, 2.45) is 0 Å². The average Bonchev–Trinajstić information content (AvgIpc) is 3.01. The summed E-state index contributed by atoms with van der Waals surface area (Å²) in [5.41, 5.74) is 9.20. The summed E-state index contributed by atoms with van der Waals surface area (Å²) in [7, 11) is 1.47. The smallest absolute Gasteiger partial charge is 0.319 e. The van der Waals surface area contributed by atoms with E-state index in [0.29, 0.717) is 55.3 Å². The third kappa shape index (κ3) is 6.34. The van der Waals surface area contributed by atoms with Gasteiger partial charge in [-0.2, -0.15) is 0 Å². The maximum atomic E-state index is 13.3. The van der Waals surface area contributed by atoms with Crippen LogP contribution in [0.3, 0.4) is 0 Å². The fourth-order valence-electron chi connectivity index (χ4n) is 4.71. The van der Waals surface area contributed by atoms with E-state index in [9.17, 15) is 14.4 Å². The maximum absolute atomic E-state index is 13.3. The number of amides is 3. The predicted octanol–water partition coefficient (Wildman–Crippen LogP) is 2.05. The second kappa shape index (κ2) is 12.6. The minimum absolute atomic E-state index is 0.0802. The number of carbonyl (C=O) groups excluding carboxylic acids is 2. The molecule has 3 amide bonds. The van der Waals surface area contributed by atoms with Gasteiger partial charge in [0.15, 0.2) is 0 Å². The van der Waals surface area contributed by atoms with Crippen LogP contribution in [-0.2, 0) is 17.8 Å². The van der Waals surface area contributed by atoms with E-state index in [0.717, 1.165) is 24.2 Å². The van der Waals surface area contributed by atoms with E-state index >= 15 is 0 Å². The van der Waals surface area contributed by atoms with Crippen LogP contribution in [0.5, 0.6) is 0 Å². The summed E-state index contributed by atoms with van der Waals surface area (Å²) >= 11 is 0. The van der Waals surface area contributed by atoms with Crippen molar-refractivity contribution in [2.45, 2.75) is 13.1 Å². The first kappa shape index (κ1) is 27.7. The zero-order valence-corrected chi connectivity index (χ0v) is 22.7. The molecule has 212 valence electrons. The van der Waals surface area contributed by atoms with Gasteiger partial charge in [0.25, 0.3) is 5.91 Å². The number of benzene rings is 1. The SMILES string of the molecule is CNC(=O)c1c(N)n(CCN2CCOCC2)c2nc(-c3ccc(NC(=O)NCc4cccnc4)cc3)ccc2c1=O. The van der Waals surface area contributed by atoms with E-state index in [2.05, 4.69) is 25.8 Å². The van der Waals surface area contributed by atoms with Gasteiger partial charge in [0.05, 0.1) is 24.3 Å². The van der Waals surface area contributed by atoms with E-state index in [4.69, 9.17) is 15.5 Å². The highest BCUT2D eigenvalue weighted by molar-refractivity contribution is 6.01. The predicted molar refractivity (Wildman–Crippen MR) is 157 cm³/mol. The number of rotatable bonds is 8. The number of anilines is 2. The number of nitrogens with one attached hydrogen (secondary N) is 3. The highest BCUT2D eigenvalue weighted by Crippen LogP contribution is 2.24. The lowest BCUT2D eigenvalue weighted by Gasteiger charge is -2.27. The second-order valence-electron chi connectivity index (χ2n) is 9.59. The Morgan fingerprint density at radius 3 is 2.54 bits per heavy atom. The number of fused-ring (bicyclic) bond motifs is 1. The molecule has 0 unspecified atom stereocenters. The lowest BCUT2D eigenvalue weighted by atomic mass is 10.1. The van der Waals surface area contributed by atoms with Gasteiger partial charge < -0.3 is 31.0 Å². The summed E-state index contributed by atoms with van der Waals surface area (Å²) in [6.07, 6.45) is 3.37. The first-order chi connectivity index (χ1) is 19.9. The Morgan fingerprint density at radius 1 is 1.05 bits per heavy atom. The Kier molecular flexibility index (Phi) is 8.51. The Hall–Kier alpha value is -4.81. The zero-order valence-electron chi connectivity index (χ0n) is 22.7. The van der Waals surface area contributed by atoms with Crippen molar-refractivity contribution < 1.29 is 14.3 Å². The summed E-state index contributed by atoms with van der Waals surface area (Å²) < 4.78 is 7.18. The molecule has 0 radical (unpaired) electrons. The van der Waals surface area contributed by atoms with Crippen molar-refractivity contribution in [3.63, 3.8) is 0 Å². The lowest BCUT2D eigenvalue weighted by Crippen LogP contribution is -2.39. The number of aromatic nitrogens is 3. The van der Waals surface area contributed by atoms with Crippen LogP contribution in [0.25, 0.3) is 22.3 Å². The molecule has 0 atom stereocenters. The molecule has 1 fully saturated rings. The summed E-state index contributed by atoms with van der Waals surface area (Å²) in [6.45, 7) is 4.36. The van der Waals surface area contributed by atoms with Gasteiger partial charge >= 0.3 is 6.03 Å². The Morgan fingerprint density at radius 2 is 1.83 bits per heavy atom. The van der Waals surface area contributed by atoms with Crippen molar-refractivity contribution >= 4 is 34.5 Å². The van der Waals surface area contributed by atoms with Crippen molar-refractivity contribution in [3.05, 3.63) is 82.3 Å². The fourth-order valence-corrected chi connectivity index (χ4v) is 4.71. The number of nitrogens with two attached hydrogens (primary N) is 1. The van der Waals surface area contributed by atoms with Gasteiger partial charge in [0.2, 0.25) is 5.43 Å². The van der Waals surface area contributed by atoms with E-state index in [-0.39, 0.29) is 17.4 Å². The number of morpholine rings is 1. The van der Waals surface area contributed by atoms with Crippen LogP contribution in [-0.4, -0.2) is 71.3 Å². The van der Waals surface area contributed by atoms with Gasteiger partial charge in [0, 0.05) is 63.4 Å². The van der Waals surface area contributed by atoms with Crippen molar-refractivity contribution in [2.75, 3.05) is 50.9 Å². The molecule has 5 rings (SSSR count). The number of urea groups is 1. The van der Waals surface area contributed by atoms with Crippen molar-refractivity contribution in [1.82, 2.24) is 30.1 Å².